The Kier molecular flexibility index (Phi) is 6.95. The van der Waals surface area contributed by atoms with Crippen LogP contribution in [0.2, 0.25) is 0 Å². The predicted octanol–water partition coefficient (Wildman–Crippen LogP) is 5.01. The largest absolute Gasteiger partial charge is 0.447 e. The number of carbonyl (C=O) groups is 1. The van der Waals surface area contributed by atoms with Crippen molar-refractivity contribution < 1.29 is 11.0 Å². The number of cyclic esters (lactones) is 1. The van der Waals surface area contributed by atoms with Crippen LogP contribution < -0.4 is 15.5 Å². The van der Waals surface area contributed by atoms with Crippen LogP contribution in [-0.4, -0.2) is 35.8 Å². The first-order chi connectivity index (χ1) is 14.8. The van der Waals surface area contributed by atoms with Gasteiger partial charge in [0.05, 0.1) is 12.1 Å². The number of hydrogen-bond donors (Lipinski definition) is 2. The number of nitrogens with zero attached hydrogens (tertiary/aromatic N) is 3. The van der Waals surface area contributed by atoms with Gasteiger partial charge in [-0.3, -0.25) is 4.90 Å². The smallest absolute Gasteiger partial charge is 0.415 e. The lowest BCUT2D eigenvalue weighted by Crippen LogP contribution is -2.37. The number of rotatable bonds is 8. The second-order valence-corrected chi connectivity index (χ2v) is 7.98. The minimum absolute atomic E-state index is 0. The summed E-state index contributed by atoms with van der Waals surface area (Å²) in [7, 11) is 1.90. The van der Waals surface area contributed by atoms with E-state index < -0.39 is 0 Å². The van der Waals surface area contributed by atoms with Crippen LogP contribution in [0.4, 0.5) is 16.6 Å². The Morgan fingerprint density at radius 3 is 2.61 bits per heavy atom. The molecule has 1 aliphatic heterocycles. The molecule has 0 radical (unpaired) electrons. The minimum atomic E-state index is -0.366. The first-order valence-electron chi connectivity index (χ1n) is 10.5. The van der Waals surface area contributed by atoms with Crippen LogP contribution in [0.15, 0.2) is 54.9 Å². The molecule has 31 heavy (non-hydrogen) atoms. The normalized spacial score (nSPS) is 17.8. The van der Waals surface area contributed by atoms with Gasteiger partial charge < -0.3 is 15.4 Å². The fourth-order valence-electron chi connectivity index (χ4n) is 3.59. The van der Waals surface area contributed by atoms with Gasteiger partial charge in [0, 0.05) is 20.4 Å². The van der Waals surface area contributed by atoms with Gasteiger partial charge in [0.15, 0.2) is 0 Å². The summed E-state index contributed by atoms with van der Waals surface area (Å²) >= 11 is 0. The average molecular weight is 424 g/mol. The summed E-state index contributed by atoms with van der Waals surface area (Å²) in [4.78, 5) is 22.8. The molecule has 166 valence electrons. The number of carbonyl (C=O) groups excluding carboxylic acids is 1. The number of allylic oxidation sites excluding steroid dienone is 3. The predicted molar refractivity (Wildman–Crippen MR) is 127 cm³/mol. The summed E-state index contributed by atoms with van der Waals surface area (Å²) in [6, 6.07) is 10.0. The second-order valence-electron chi connectivity index (χ2n) is 7.98. The molecular formula is C24H33N5O2. The minimum Gasteiger partial charge on any atom is -0.447 e. The highest BCUT2D eigenvalue weighted by atomic mass is 16.6. The molecule has 7 nitrogen and oxygen atoms in total. The summed E-state index contributed by atoms with van der Waals surface area (Å²) < 4.78 is 5.24. The molecular weight excluding hydrogens is 390 g/mol. The van der Waals surface area contributed by atoms with E-state index in [0.717, 1.165) is 22.4 Å². The molecule has 1 fully saturated rings. The van der Waals surface area contributed by atoms with Crippen molar-refractivity contribution >= 4 is 23.4 Å². The first kappa shape index (κ1) is 22.3. The first-order valence-corrected chi connectivity index (χ1v) is 10.5. The molecule has 1 aromatic heterocycles. The van der Waals surface area contributed by atoms with Crippen LogP contribution in [0, 0.1) is 5.92 Å². The third-order valence-electron chi connectivity index (χ3n) is 5.61. The lowest BCUT2D eigenvalue weighted by molar-refractivity contribution is 0.177. The molecule has 0 bridgehead atoms. The van der Waals surface area contributed by atoms with Gasteiger partial charge >= 0.3 is 6.09 Å². The van der Waals surface area contributed by atoms with E-state index in [4.69, 9.17) is 4.74 Å². The van der Waals surface area contributed by atoms with Gasteiger partial charge in [0.2, 0.25) is 5.95 Å². The number of anilines is 2. The molecule has 2 aromatic rings. The van der Waals surface area contributed by atoms with Crippen LogP contribution >= 0.6 is 0 Å². The molecule has 2 atom stereocenters. The van der Waals surface area contributed by atoms with Gasteiger partial charge in [-0.2, -0.15) is 4.98 Å². The monoisotopic (exact) mass is 423 g/mol. The third-order valence-corrected chi connectivity index (χ3v) is 5.61. The summed E-state index contributed by atoms with van der Waals surface area (Å²) in [5.41, 5.74) is 4.34. The molecule has 0 unspecified atom stereocenters. The number of aromatic nitrogens is 2. The van der Waals surface area contributed by atoms with E-state index in [1.54, 1.807) is 17.2 Å². The highest BCUT2D eigenvalue weighted by Crippen LogP contribution is 2.27. The topological polar surface area (TPSA) is 79.4 Å². The quantitative estimate of drug-likeness (QED) is 0.581. The van der Waals surface area contributed by atoms with E-state index >= 15 is 0 Å². The van der Waals surface area contributed by atoms with Crippen molar-refractivity contribution in [2.24, 2.45) is 5.92 Å². The molecule has 0 spiro atoms. The molecule has 2 N–H and O–H groups in total. The lowest BCUT2D eigenvalue weighted by atomic mass is 10.00. The van der Waals surface area contributed by atoms with Crippen molar-refractivity contribution in [3.05, 3.63) is 66.0 Å². The van der Waals surface area contributed by atoms with Crippen LogP contribution in [0.5, 0.6) is 0 Å². The molecule has 1 saturated heterocycles. The number of ether oxygens (including phenoxy) is 1. The summed E-state index contributed by atoms with van der Waals surface area (Å²) in [6.45, 7) is 12.5. The molecule has 1 aromatic carbocycles. The summed E-state index contributed by atoms with van der Waals surface area (Å²) in [5, 5.41) is 6.50. The van der Waals surface area contributed by atoms with Gasteiger partial charge in [-0.1, -0.05) is 50.8 Å². The molecule has 7 heteroatoms. The Hall–Kier alpha value is -3.35. The van der Waals surface area contributed by atoms with Gasteiger partial charge in [-0.25, -0.2) is 9.78 Å². The van der Waals surface area contributed by atoms with Gasteiger partial charge in [0.25, 0.3) is 0 Å². The van der Waals surface area contributed by atoms with Crippen molar-refractivity contribution in [3.8, 4) is 0 Å². The molecule has 0 saturated carbocycles. The maximum Gasteiger partial charge on any atom is 0.415 e. The zero-order valence-corrected chi connectivity index (χ0v) is 18.8. The van der Waals surface area contributed by atoms with E-state index in [1.165, 1.54) is 0 Å². The maximum absolute atomic E-state index is 12.2. The van der Waals surface area contributed by atoms with E-state index in [9.17, 15) is 4.79 Å². The molecule has 3 rings (SSSR count). The van der Waals surface area contributed by atoms with Crippen LogP contribution in [-0.2, 0) is 4.74 Å². The van der Waals surface area contributed by atoms with Crippen molar-refractivity contribution in [2.45, 2.75) is 39.8 Å². The molecule has 1 amide bonds. The van der Waals surface area contributed by atoms with Gasteiger partial charge in [0.1, 0.15) is 12.4 Å². The molecule has 0 aliphatic carbocycles. The number of hydrogen-bond acceptors (Lipinski definition) is 6. The molecule has 1 aliphatic rings. The van der Waals surface area contributed by atoms with E-state index in [2.05, 4.69) is 72.2 Å². The highest BCUT2D eigenvalue weighted by molar-refractivity contribution is 5.89. The van der Waals surface area contributed by atoms with Crippen LogP contribution in [0.3, 0.4) is 0 Å². The number of amides is 1. The van der Waals surface area contributed by atoms with Gasteiger partial charge in [-0.05, 0) is 42.5 Å². The Morgan fingerprint density at radius 2 is 2.00 bits per heavy atom. The van der Waals surface area contributed by atoms with Crippen molar-refractivity contribution in [2.75, 3.05) is 23.9 Å². The second kappa shape index (κ2) is 9.64. The molecule has 2 heterocycles. The zero-order valence-electron chi connectivity index (χ0n) is 18.8. The highest BCUT2D eigenvalue weighted by Gasteiger charge is 2.37. The van der Waals surface area contributed by atoms with Crippen molar-refractivity contribution in [1.82, 2.24) is 15.3 Å². The van der Waals surface area contributed by atoms with E-state index in [1.807, 2.05) is 20.0 Å². The van der Waals surface area contributed by atoms with Crippen molar-refractivity contribution in [1.29, 1.82) is 0 Å². The Bertz CT molecular complexity index is 975. The number of nitrogens with one attached hydrogen (secondary N) is 2. The van der Waals surface area contributed by atoms with Gasteiger partial charge in [-0.15, -0.1) is 0 Å². The van der Waals surface area contributed by atoms with Crippen molar-refractivity contribution in [3.63, 3.8) is 0 Å². The van der Waals surface area contributed by atoms with Crippen LogP contribution in [0.25, 0.3) is 5.57 Å². The SMILES string of the molecule is C=C/C(=C(/C)NC)c1ccc([C@H](C)Nc2nccc(N3C(=O)OC[C@@H]3C(C)C)n2)cc1.[HH]. The Morgan fingerprint density at radius 1 is 1.29 bits per heavy atom. The summed E-state index contributed by atoms with van der Waals surface area (Å²) in [6.07, 6.45) is 3.15. The zero-order chi connectivity index (χ0) is 22.5. The standard InChI is InChI=1S/C24H31N5O2.H2/c1-7-20(17(5)25-6)19-10-8-18(9-11-19)16(4)27-23-26-13-12-22(28-23)29-21(15(2)3)14-31-24(29)30;/h7-13,15-16,21,25H,1,14H2,2-6H3,(H,26,27,28);1H/b20-17+;/t16-,21+;/m0./s1. The van der Waals surface area contributed by atoms with E-state index in [0.29, 0.717) is 18.4 Å². The third kappa shape index (κ3) is 4.87. The fraction of sp³-hybridized carbons (Fsp3) is 0.375. The van der Waals surface area contributed by atoms with Crippen LogP contribution in [0.1, 0.15) is 46.3 Å². The lowest BCUT2D eigenvalue weighted by Gasteiger charge is -2.23. The fourth-order valence-corrected chi connectivity index (χ4v) is 3.59. The Labute approximate surface area is 185 Å². The summed E-state index contributed by atoms with van der Waals surface area (Å²) in [5.74, 6) is 1.27. The maximum atomic E-state index is 12.2. The average Bonchev–Trinajstić information content (AvgIpc) is 3.16. The Balaban J connectivity index is 0.00000363. The van der Waals surface area contributed by atoms with E-state index in [-0.39, 0.29) is 25.5 Å². The number of benzene rings is 1.